The maximum Gasteiger partial charge on any atom is 0.316 e. The molecule has 11 heteroatoms. The number of aromatic hydroxyl groups is 1. The first kappa shape index (κ1) is 25.3. The van der Waals surface area contributed by atoms with Crippen molar-refractivity contribution in [3.63, 3.8) is 0 Å². The average Bonchev–Trinajstić information content (AvgIpc) is 2.86. The van der Waals surface area contributed by atoms with Gasteiger partial charge in [0.05, 0.1) is 5.69 Å². The highest BCUT2D eigenvalue weighted by Gasteiger charge is 2.28. The van der Waals surface area contributed by atoms with E-state index in [-0.39, 0.29) is 24.4 Å². The maximum absolute atomic E-state index is 13.1. The number of pyridine rings is 1. The van der Waals surface area contributed by atoms with E-state index in [2.05, 4.69) is 10.3 Å². The second-order valence-corrected chi connectivity index (χ2v) is 7.54. The third-order valence-electron chi connectivity index (χ3n) is 5.48. The first-order valence-corrected chi connectivity index (χ1v) is 11.1. The smallest absolute Gasteiger partial charge is 0.316 e. The van der Waals surface area contributed by atoms with Gasteiger partial charge in [-0.05, 0) is 50.6 Å². The van der Waals surface area contributed by atoms with Gasteiger partial charge in [0.25, 0.3) is 5.91 Å². The van der Waals surface area contributed by atoms with E-state index in [1.54, 1.807) is 20.8 Å². The van der Waals surface area contributed by atoms with Crippen molar-refractivity contribution in [3.05, 3.63) is 70.0 Å². The maximum atomic E-state index is 13.1. The molecule has 0 unspecified atom stereocenters. The lowest BCUT2D eigenvalue weighted by Crippen LogP contribution is -2.45. The molecule has 10 nitrogen and oxygen atoms in total. The molecular formula is C24H26FN5O5. The predicted octanol–water partition coefficient (Wildman–Crippen LogP) is 1.69. The lowest BCUT2D eigenvalue weighted by atomic mass is 10.2. The largest absolute Gasteiger partial charge is 0.501 e. The summed E-state index contributed by atoms with van der Waals surface area (Å²) >= 11 is 0. The molecule has 3 amide bonds. The van der Waals surface area contributed by atoms with E-state index in [9.17, 15) is 28.7 Å². The fraction of sp³-hybridized carbons (Fsp3) is 0.292. The van der Waals surface area contributed by atoms with Gasteiger partial charge in [0.2, 0.25) is 5.75 Å². The quantitative estimate of drug-likeness (QED) is 0.493. The summed E-state index contributed by atoms with van der Waals surface area (Å²) in [4.78, 5) is 58.0. The Morgan fingerprint density at radius 3 is 2.29 bits per heavy atom. The topological polar surface area (TPSA) is 124 Å². The number of amides is 3. The Morgan fingerprint density at radius 1 is 1.03 bits per heavy atom. The van der Waals surface area contributed by atoms with Crippen molar-refractivity contribution in [2.75, 3.05) is 24.5 Å². The molecule has 3 rings (SSSR count). The molecule has 0 aliphatic carbocycles. The van der Waals surface area contributed by atoms with Gasteiger partial charge < -0.3 is 20.2 Å². The summed E-state index contributed by atoms with van der Waals surface area (Å²) in [6.45, 7) is 5.95. The minimum absolute atomic E-state index is 0.000800. The molecule has 2 heterocycles. The highest BCUT2D eigenvalue weighted by molar-refractivity contribution is 6.40. The molecule has 0 aliphatic heterocycles. The number of carbonyl (C=O) groups is 3. The first-order valence-electron chi connectivity index (χ1n) is 11.1. The van der Waals surface area contributed by atoms with Crippen molar-refractivity contribution < 1.29 is 23.9 Å². The van der Waals surface area contributed by atoms with Crippen LogP contribution >= 0.6 is 0 Å². The fourth-order valence-corrected chi connectivity index (χ4v) is 3.56. The summed E-state index contributed by atoms with van der Waals surface area (Å²) in [5, 5.41) is 12.9. The second kappa shape index (κ2) is 10.8. The highest BCUT2D eigenvalue weighted by Crippen LogP contribution is 2.22. The van der Waals surface area contributed by atoms with E-state index >= 15 is 0 Å². The minimum Gasteiger partial charge on any atom is -0.501 e. The van der Waals surface area contributed by atoms with Gasteiger partial charge in [-0.15, -0.1) is 0 Å². The van der Waals surface area contributed by atoms with Crippen LogP contribution in [0.15, 0.2) is 47.4 Å². The van der Waals surface area contributed by atoms with Crippen LogP contribution in [0.2, 0.25) is 0 Å². The molecule has 0 saturated carbocycles. The van der Waals surface area contributed by atoms with Gasteiger partial charge >= 0.3 is 17.4 Å². The number of nitrogens with zero attached hydrogens (tertiary/aromatic N) is 4. The van der Waals surface area contributed by atoms with E-state index < -0.39 is 40.5 Å². The van der Waals surface area contributed by atoms with Gasteiger partial charge in [-0.1, -0.05) is 12.1 Å². The van der Waals surface area contributed by atoms with Crippen molar-refractivity contribution in [1.29, 1.82) is 0 Å². The molecular weight excluding hydrogens is 457 g/mol. The number of hydrogen-bond acceptors (Lipinski definition) is 6. The zero-order chi connectivity index (χ0) is 25.7. The summed E-state index contributed by atoms with van der Waals surface area (Å²) in [5.74, 6) is -3.66. The van der Waals surface area contributed by atoms with Crippen LogP contribution in [0.25, 0.3) is 5.65 Å². The number of halogens is 1. The van der Waals surface area contributed by atoms with Crippen LogP contribution in [-0.2, 0) is 16.1 Å². The molecule has 0 aliphatic rings. The molecule has 0 fully saturated rings. The number of anilines is 1. The van der Waals surface area contributed by atoms with E-state index in [0.29, 0.717) is 18.7 Å². The molecule has 35 heavy (non-hydrogen) atoms. The summed E-state index contributed by atoms with van der Waals surface area (Å²) in [6, 6.07) is 8.40. The molecule has 0 bridgehead atoms. The number of nitrogens with one attached hydrogen (secondary N) is 1. The van der Waals surface area contributed by atoms with Gasteiger partial charge in [-0.2, -0.15) is 0 Å². The molecule has 0 radical (unpaired) electrons. The van der Waals surface area contributed by atoms with Crippen LogP contribution in [0.3, 0.4) is 0 Å². The van der Waals surface area contributed by atoms with Gasteiger partial charge in [0, 0.05) is 32.4 Å². The van der Waals surface area contributed by atoms with Crippen molar-refractivity contribution in [1.82, 2.24) is 19.6 Å². The standard InChI is InChI=1S/C24H26FN5O5/c1-4-28(5-2)23(34)24(35)29(6-3)17-8-7-13-30-20(17)27-18(19(31)22(30)33)21(32)26-14-15-9-11-16(25)12-10-15/h7-13,31H,4-6,14H2,1-3H3,(H,26,32). The van der Waals surface area contributed by atoms with Gasteiger partial charge in [0.1, 0.15) is 5.82 Å². The van der Waals surface area contributed by atoms with Crippen molar-refractivity contribution >= 4 is 29.1 Å². The predicted molar refractivity (Wildman–Crippen MR) is 127 cm³/mol. The summed E-state index contributed by atoms with van der Waals surface area (Å²) < 4.78 is 14.1. The van der Waals surface area contributed by atoms with Gasteiger partial charge in [-0.3, -0.25) is 23.6 Å². The second-order valence-electron chi connectivity index (χ2n) is 7.54. The summed E-state index contributed by atoms with van der Waals surface area (Å²) in [5.41, 5.74) is -0.810. The Hall–Kier alpha value is -4.28. The van der Waals surface area contributed by atoms with E-state index in [0.717, 1.165) is 4.40 Å². The zero-order valence-corrected chi connectivity index (χ0v) is 19.6. The Labute approximate surface area is 200 Å². The number of carbonyl (C=O) groups excluding carboxylic acids is 3. The van der Waals surface area contributed by atoms with Crippen LogP contribution in [0.1, 0.15) is 36.8 Å². The normalized spacial score (nSPS) is 10.7. The lowest BCUT2D eigenvalue weighted by Gasteiger charge is -2.25. The lowest BCUT2D eigenvalue weighted by molar-refractivity contribution is -0.144. The number of rotatable bonds is 7. The van der Waals surface area contributed by atoms with E-state index in [1.165, 1.54) is 52.4 Å². The SMILES string of the molecule is CCN(CC)C(=O)C(=O)N(CC)c1cccn2c(=O)c(O)c(C(=O)NCc3ccc(F)cc3)nc12. The van der Waals surface area contributed by atoms with Gasteiger partial charge in [0.15, 0.2) is 11.3 Å². The van der Waals surface area contributed by atoms with E-state index in [1.807, 2.05) is 0 Å². The van der Waals surface area contributed by atoms with Crippen LogP contribution < -0.4 is 15.8 Å². The Balaban J connectivity index is 2.02. The van der Waals surface area contributed by atoms with Crippen molar-refractivity contribution in [2.45, 2.75) is 27.3 Å². The Bertz CT molecular complexity index is 1320. The van der Waals surface area contributed by atoms with Crippen molar-refractivity contribution in [3.8, 4) is 5.75 Å². The van der Waals surface area contributed by atoms with E-state index in [4.69, 9.17) is 0 Å². The zero-order valence-electron chi connectivity index (χ0n) is 19.6. The molecule has 2 N–H and O–H groups in total. The number of fused-ring (bicyclic) bond motifs is 1. The minimum atomic E-state index is -0.914. The third kappa shape index (κ3) is 5.13. The molecule has 2 aromatic heterocycles. The number of benzene rings is 1. The number of likely N-dealkylation sites (N-methyl/N-ethyl adjacent to an activating group) is 2. The average molecular weight is 484 g/mol. The van der Waals surface area contributed by atoms with Crippen molar-refractivity contribution in [2.24, 2.45) is 0 Å². The summed E-state index contributed by atoms with van der Waals surface area (Å²) in [6.07, 6.45) is 1.33. The Morgan fingerprint density at radius 2 is 1.69 bits per heavy atom. The fourth-order valence-electron chi connectivity index (χ4n) is 3.56. The first-order chi connectivity index (χ1) is 16.7. The molecule has 0 saturated heterocycles. The Kier molecular flexibility index (Phi) is 7.80. The van der Waals surface area contributed by atoms with Crippen LogP contribution in [0.4, 0.5) is 10.1 Å². The van der Waals surface area contributed by atoms with Crippen LogP contribution in [0, 0.1) is 5.82 Å². The molecule has 1 aromatic carbocycles. The molecule has 0 spiro atoms. The molecule has 3 aromatic rings. The monoisotopic (exact) mass is 483 g/mol. The van der Waals surface area contributed by atoms with Crippen LogP contribution in [-0.4, -0.2) is 56.7 Å². The number of hydrogen-bond donors (Lipinski definition) is 2. The molecule has 184 valence electrons. The van der Waals surface area contributed by atoms with Gasteiger partial charge in [-0.25, -0.2) is 9.37 Å². The number of aromatic nitrogens is 2. The third-order valence-corrected chi connectivity index (χ3v) is 5.48. The molecule has 0 atom stereocenters. The van der Waals surface area contributed by atoms with Crippen LogP contribution in [0.5, 0.6) is 5.75 Å². The summed E-state index contributed by atoms with van der Waals surface area (Å²) in [7, 11) is 0. The highest BCUT2D eigenvalue weighted by atomic mass is 19.1.